The van der Waals surface area contributed by atoms with Crippen LogP contribution in [0.3, 0.4) is 0 Å². The number of hydrogen-bond donors (Lipinski definition) is 0. The molecule has 11 aromatic carbocycles. The van der Waals surface area contributed by atoms with Gasteiger partial charge >= 0.3 is 0 Å². The first-order valence-corrected chi connectivity index (χ1v) is 24.9. The van der Waals surface area contributed by atoms with Gasteiger partial charge in [-0.15, -0.1) is 0 Å². The molecule has 3 heterocycles. The monoisotopic (exact) mass is 915 g/mol. The molecule has 2 aliphatic rings. The molecule has 3 heteroatoms. The summed E-state index contributed by atoms with van der Waals surface area (Å²) in [6.07, 6.45) is 0. The Morgan fingerprint density at radius 1 is 0.292 bits per heavy atom. The number of fused-ring (bicyclic) bond motifs is 13. The van der Waals surface area contributed by atoms with E-state index in [0.29, 0.717) is 0 Å². The molecule has 13 aromatic rings. The normalized spacial score (nSPS) is 13.1. The van der Waals surface area contributed by atoms with Crippen molar-refractivity contribution in [2.24, 2.45) is 0 Å². The Balaban J connectivity index is 1.03. The van der Waals surface area contributed by atoms with E-state index in [4.69, 9.17) is 0 Å². The largest absolute Gasteiger partial charge is 0.309 e. The van der Waals surface area contributed by atoms with Gasteiger partial charge in [0.2, 0.25) is 0 Å². The molecule has 0 radical (unpaired) electrons. The summed E-state index contributed by atoms with van der Waals surface area (Å²) < 4.78 is 4.93. The van der Waals surface area contributed by atoms with Gasteiger partial charge in [-0.25, -0.2) is 0 Å². The summed E-state index contributed by atoms with van der Waals surface area (Å²) in [6.45, 7) is 0. The molecular weight excluding hydrogens is 871 g/mol. The molecule has 72 heavy (non-hydrogen) atoms. The Kier molecular flexibility index (Phi) is 8.87. The van der Waals surface area contributed by atoms with E-state index in [-0.39, 0.29) is 0 Å². The third-order valence-electron chi connectivity index (χ3n) is 15.5. The molecule has 0 saturated carbocycles. The van der Waals surface area contributed by atoms with Crippen molar-refractivity contribution in [1.29, 1.82) is 0 Å². The maximum absolute atomic E-state index is 2.53. The molecule has 1 aliphatic heterocycles. The first-order chi connectivity index (χ1) is 35.8. The lowest BCUT2D eigenvalue weighted by molar-refractivity contribution is 0.768. The number of para-hydroxylation sites is 7. The lowest BCUT2D eigenvalue weighted by Gasteiger charge is -2.34. The predicted octanol–water partition coefficient (Wildman–Crippen LogP) is 17.9. The first-order valence-electron chi connectivity index (χ1n) is 24.9. The topological polar surface area (TPSA) is 13.1 Å². The Morgan fingerprint density at radius 2 is 0.778 bits per heavy atom. The Bertz CT molecular complexity index is 4170. The molecular formula is C69H45N3. The van der Waals surface area contributed by atoms with Gasteiger partial charge in [-0.3, -0.25) is 0 Å². The fourth-order valence-electron chi connectivity index (χ4n) is 12.7. The van der Waals surface area contributed by atoms with E-state index < -0.39 is 5.41 Å². The van der Waals surface area contributed by atoms with Crippen molar-refractivity contribution in [2.75, 3.05) is 4.90 Å². The Morgan fingerprint density at radius 3 is 1.43 bits per heavy atom. The van der Waals surface area contributed by atoms with Crippen LogP contribution >= 0.6 is 0 Å². The number of hydrogen-bond acceptors (Lipinski definition) is 1. The lowest BCUT2D eigenvalue weighted by Crippen LogP contribution is -2.28. The van der Waals surface area contributed by atoms with Crippen molar-refractivity contribution in [3.8, 4) is 56.0 Å². The zero-order valence-corrected chi connectivity index (χ0v) is 39.3. The van der Waals surface area contributed by atoms with E-state index in [2.05, 4.69) is 287 Å². The minimum absolute atomic E-state index is 0.647. The van der Waals surface area contributed by atoms with Crippen molar-refractivity contribution < 1.29 is 0 Å². The van der Waals surface area contributed by atoms with Crippen LogP contribution in [0.4, 0.5) is 17.1 Å². The highest BCUT2D eigenvalue weighted by atomic mass is 15.2. The van der Waals surface area contributed by atoms with Crippen molar-refractivity contribution in [1.82, 2.24) is 9.13 Å². The summed E-state index contributed by atoms with van der Waals surface area (Å²) in [6, 6.07) is 101. The van der Waals surface area contributed by atoms with Crippen LogP contribution in [0.2, 0.25) is 0 Å². The van der Waals surface area contributed by atoms with Crippen LogP contribution in [0.25, 0.3) is 88.7 Å². The van der Waals surface area contributed by atoms with Crippen molar-refractivity contribution in [3.05, 3.63) is 295 Å². The molecule has 3 nitrogen and oxygen atoms in total. The third-order valence-corrected chi connectivity index (χ3v) is 15.5. The molecule has 0 fully saturated rings. The van der Waals surface area contributed by atoms with Gasteiger partial charge in [-0.2, -0.15) is 0 Å². The lowest BCUT2D eigenvalue weighted by atomic mass is 9.67. The number of anilines is 3. The van der Waals surface area contributed by atoms with Crippen LogP contribution in [0.5, 0.6) is 0 Å². The van der Waals surface area contributed by atoms with E-state index >= 15 is 0 Å². The average Bonchev–Trinajstić information content (AvgIpc) is 4.05. The number of benzene rings is 11. The molecule has 0 saturated heterocycles. The zero-order valence-electron chi connectivity index (χ0n) is 39.3. The molecule has 15 rings (SSSR count). The fraction of sp³-hybridized carbons (Fsp3) is 0.0145. The van der Waals surface area contributed by atoms with Gasteiger partial charge in [0.25, 0.3) is 0 Å². The first kappa shape index (κ1) is 40.4. The maximum Gasteiger partial charge on any atom is 0.0714 e. The van der Waals surface area contributed by atoms with E-state index in [0.717, 1.165) is 39.6 Å². The zero-order chi connectivity index (χ0) is 47.3. The van der Waals surface area contributed by atoms with Gasteiger partial charge in [-0.05, 0) is 106 Å². The number of rotatable bonds is 6. The quantitative estimate of drug-likeness (QED) is 0.162. The number of aromatic nitrogens is 2. The molecule has 0 bridgehead atoms. The number of nitrogens with zero attached hydrogens (tertiary/aromatic N) is 3. The summed E-state index contributed by atoms with van der Waals surface area (Å²) in [5.74, 6) is 0. The van der Waals surface area contributed by atoms with E-state index in [1.807, 2.05) is 0 Å². The van der Waals surface area contributed by atoms with Crippen LogP contribution in [0.1, 0.15) is 22.3 Å². The standard InChI is InChI=1S/C69H45N3/c1-5-22-47(23-6-1)69(48-24-7-2-8-25-48)60-44-46(40-42-53(60)54-43-41-51(45-61(54)69)70-62-36-17-13-30-55(62)56-31-14-18-37-63(56)70)52-34-21-35-59-66-57-32-15-19-38-64(57)72(50-28-11-4-12-29-50)68(66)58-33-16-20-39-65(58)71(67(52)59)49-26-9-3-10-27-49/h1-45H. The smallest absolute Gasteiger partial charge is 0.0714 e. The SMILES string of the molecule is c1ccc(N2c3ccccc3-c3c(c4ccccc4n3-c3ccccc3)-c3cccc(-c4ccc5c(c4)C(c4ccccc4)(c4ccccc4)c4cc(-n6c7ccccc7c7ccccc76)ccc4-5)c32)cc1. The Hall–Kier alpha value is -9.44. The highest BCUT2D eigenvalue weighted by molar-refractivity contribution is 6.15. The van der Waals surface area contributed by atoms with E-state index in [9.17, 15) is 0 Å². The molecule has 0 spiro atoms. The van der Waals surface area contributed by atoms with Gasteiger partial charge in [0.05, 0.1) is 39.0 Å². The van der Waals surface area contributed by atoms with Crippen LogP contribution in [0.15, 0.2) is 273 Å². The van der Waals surface area contributed by atoms with Gasteiger partial charge in [0, 0.05) is 55.5 Å². The summed E-state index contributed by atoms with van der Waals surface area (Å²) >= 11 is 0. The summed E-state index contributed by atoms with van der Waals surface area (Å²) in [5, 5.41) is 3.73. The van der Waals surface area contributed by atoms with E-state index in [1.54, 1.807) is 0 Å². The second kappa shape index (κ2) is 15.8. The minimum Gasteiger partial charge on any atom is -0.309 e. The minimum atomic E-state index is -0.647. The molecule has 0 atom stereocenters. The molecule has 0 unspecified atom stereocenters. The van der Waals surface area contributed by atoms with Gasteiger partial charge in [0.15, 0.2) is 0 Å². The third kappa shape index (κ3) is 5.68. The highest BCUT2D eigenvalue weighted by Crippen LogP contribution is 2.60. The fourth-order valence-corrected chi connectivity index (χ4v) is 12.7. The van der Waals surface area contributed by atoms with Crippen LogP contribution in [0, 0.1) is 0 Å². The average molecular weight is 916 g/mol. The highest BCUT2D eigenvalue weighted by Gasteiger charge is 2.47. The van der Waals surface area contributed by atoms with Gasteiger partial charge < -0.3 is 14.0 Å². The van der Waals surface area contributed by atoms with Crippen LogP contribution < -0.4 is 4.90 Å². The predicted molar refractivity (Wildman–Crippen MR) is 299 cm³/mol. The summed E-state index contributed by atoms with van der Waals surface area (Å²) in [5.41, 5.74) is 23.2. The van der Waals surface area contributed by atoms with Gasteiger partial charge in [-0.1, -0.05) is 206 Å². The summed E-state index contributed by atoms with van der Waals surface area (Å²) in [4.78, 5) is 2.52. The summed E-state index contributed by atoms with van der Waals surface area (Å²) in [7, 11) is 0. The van der Waals surface area contributed by atoms with Crippen LogP contribution in [-0.4, -0.2) is 9.13 Å². The molecule has 2 aromatic heterocycles. The Labute approximate surface area is 418 Å². The van der Waals surface area contributed by atoms with Crippen LogP contribution in [-0.2, 0) is 5.41 Å². The molecule has 1 aliphatic carbocycles. The van der Waals surface area contributed by atoms with E-state index in [1.165, 1.54) is 88.5 Å². The van der Waals surface area contributed by atoms with Crippen molar-refractivity contribution in [3.63, 3.8) is 0 Å². The van der Waals surface area contributed by atoms with Crippen molar-refractivity contribution >= 4 is 49.8 Å². The maximum atomic E-state index is 2.53. The molecule has 336 valence electrons. The van der Waals surface area contributed by atoms with Gasteiger partial charge in [0.1, 0.15) is 0 Å². The molecule has 0 amide bonds. The van der Waals surface area contributed by atoms with Crippen molar-refractivity contribution in [2.45, 2.75) is 5.41 Å². The second-order valence-corrected chi connectivity index (χ2v) is 19.1. The second-order valence-electron chi connectivity index (χ2n) is 19.1. The molecule has 0 N–H and O–H groups in total.